The van der Waals surface area contributed by atoms with E-state index in [1.807, 2.05) is 36.4 Å². The van der Waals surface area contributed by atoms with E-state index in [0.717, 1.165) is 54.4 Å². The van der Waals surface area contributed by atoms with Crippen molar-refractivity contribution in [2.24, 2.45) is 0 Å². The van der Waals surface area contributed by atoms with E-state index in [2.05, 4.69) is 36.4 Å². The average molecular weight is 360 g/mol. The number of benzene rings is 4. The van der Waals surface area contributed by atoms with E-state index in [0.29, 0.717) is 11.4 Å². The summed E-state index contributed by atoms with van der Waals surface area (Å²) >= 11 is 0. The molecule has 6 rings (SSSR count). The third-order valence-corrected chi connectivity index (χ3v) is 5.53. The first kappa shape index (κ1) is 15.2. The molecule has 4 heteroatoms. The topological polar surface area (TPSA) is 77.8 Å². The van der Waals surface area contributed by atoms with Gasteiger partial charge in [-0.05, 0) is 35.7 Å². The maximum absolute atomic E-state index is 6.27. The predicted molar refractivity (Wildman–Crippen MR) is 118 cm³/mol. The Bertz CT molecular complexity index is 1580. The van der Waals surface area contributed by atoms with Crippen LogP contribution in [0.1, 0.15) is 0 Å². The zero-order valence-electron chi connectivity index (χ0n) is 15.0. The van der Waals surface area contributed by atoms with Crippen LogP contribution in [0.4, 0.5) is 11.4 Å². The predicted octanol–water partition coefficient (Wildman–Crippen LogP) is 5.41. The van der Waals surface area contributed by atoms with E-state index >= 15 is 0 Å². The Balaban J connectivity index is 1.95. The minimum Gasteiger partial charge on any atom is -0.397 e. The number of fused-ring (bicyclic) bond motifs is 8. The van der Waals surface area contributed by atoms with Crippen LogP contribution in [-0.4, -0.2) is 9.97 Å². The molecule has 2 aromatic heterocycles. The van der Waals surface area contributed by atoms with Crippen molar-refractivity contribution in [3.8, 4) is 0 Å². The number of nitrogen functional groups attached to an aromatic ring is 2. The summed E-state index contributed by atoms with van der Waals surface area (Å²) in [5.74, 6) is 0. The molecule has 0 saturated heterocycles. The molecule has 2 heterocycles. The molecule has 0 amide bonds. The summed E-state index contributed by atoms with van der Waals surface area (Å²) in [6.45, 7) is 0. The van der Waals surface area contributed by atoms with E-state index in [-0.39, 0.29) is 0 Å². The van der Waals surface area contributed by atoms with Crippen molar-refractivity contribution in [3.63, 3.8) is 0 Å². The van der Waals surface area contributed by atoms with Crippen LogP contribution >= 0.6 is 0 Å². The van der Waals surface area contributed by atoms with Gasteiger partial charge in [-0.25, -0.2) is 9.97 Å². The van der Waals surface area contributed by atoms with Crippen molar-refractivity contribution >= 4 is 65.8 Å². The molecule has 28 heavy (non-hydrogen) atoms. The number of nitrogens with zero attached hydrogens (tertiary/aromatic N) is 2. The van der Waals surface area contributed by atoms with Crippen LogP contribution in [0.3, 0.4) is 0 Å². The Kier molecular flexibility index (Phi) is 2.87. The molecule has 4 N–H and O–H groups in total. The van der Waals surface area contributed by atoms with E-state index < -0.39 is 0 Å². The zero-order chi connectivity index (χ0) is 18.8. The molecule has 0 aliphatic rings. The lowest BCUT2D eigenvalue weighted by Gasteiger charge is -2.12. The molecule has 0 bridgehead atoms. The molecule has 6 aromatic rings. The van der Waals surface area contributed by atoms with E-state index in [1.165, 1.54) is 0 Å². The van der Waals surface area contributed by atoms with Gasteiger partial charge in [-0.3, -0.25) is 0 Å². The second kappa shape index (κ2) is 5.30. The van der Waals surface area contributed by atoms with Crippen molar-refractivity contribution in [2.45, 2.75) is 0 Å². The number of hydrogen-bond donors (Lipinski definition) is 2. The van der Waals surface area contributed by atoms with Gasteiger partial charge >= 0.3 is 0 Å². The summed E-state index contributed by atoms with van der Waals surface area (Å²) in [5.41, 5.74) is 17.1. The number of pyridine rings is 2. The molecule has 4 aromatic carbocycles. The summed E-state index contributed by atoms with van der Waals surface area (Å²) < 4.78 is 0. The van der Waals surface area contributed by atoms with E-state index in [9.17, 15) is 0 Å². The lowest BCUT2D eigenvalue weighted by Crippen LogP contribution is -1.97. The van der Waals surface area contributed by atoms with Gasteiger partial charge in [0, 0.05) is 26.9 Å². The number of hydrogen-bond acceptors (Lipinski definition) is 4. The average Bonchev–Trinajstić information content (AvgIpc) is 2.74. The minimum absolute atomic E-state index is 0.564. The van der Waals surface area contributed by atoms with Crippen LogP contribution in [0.15, 0.2) is 72.8 Å². The second-order valence-electron chi connectivity index (χ2n) is 7.14. The fourth-order valence-electron chi connectivity index (χ4n) is 4.12. The van der Waals surface area contributed by atoms with Gasteiger partial charge in [-0.2, -0.15) is 0 Å². The first-order valence-electron chi connectivity index (χ1n) is 9.19. The number of anilines is 2. The Morgan fingerprint density at radius 3 is 2.14 bits per heavy atom. The summed E-state index contributed by atoms with van der Waals surface area (Å²) in [7, 11) is 0. The van der Waals surface area contributed by atoms with Crippen molar-refractivity contribution in [1.82, 2.24) is 9.97 Å². The van der Waals surface area contributed by atoms with Gasteiger partial charge in [0.05, 0.1) is 33.4 Å². The monoisotopic (exact) mass is 360 g/mol. The maximum atomic E-state index is 6.27. The smallest absolute Gasteiger partial charge is 0.0810 e. The van der Waals surface area contributed by atoms with Crippen LogP contribution in [0.5, 0.6) is 0 Å². The normalized spacial score (nSPS) is 11.9. The van der Waals surface area contributed by atoms with Gasteiger partial charge in [0.2, 0.25) is 0 Å². The fraction of sp³-hybridized carbons (Fsp3) is 0. The van der Waals surface area contributed by atoms with Crippen molar-refractivity contribution in [2.75, 3.05) is 11.5 Å². The first-order chi connectivity index (χ1) is 13.7. The molecular formula is C24H16N4. The lowest BCUT2D eigenvalue weighted by atomic mass is 9.97. The molecule has 0 atom stereocenters. The SMILES string of the molecule is Nc1ccc2nc3c4ccccc4c4cc5ccccc5nc4c3cc2c1N. The van der Waals surface area contributed by atoms with Gasteiger partial charge < -0.3 is 11.5 Å². The maximum Gasteiger partial charge on any atom is 0.0810 e. The molecule has 0 radical (unpaired) electrons. The van der Waals surface area contributed by atoms with Crippen LogP contribution < -0.4 is 11.5 Å². The van der Waals surface area contributed by atoms with Gasteiger partial charge in [0.25, 0.3) is 0 Å². The second-order valence-corrected chi connectivity index (χ2v) is 7.14. The van der Waals surface area contributed by atoms with Gasteiger partial charge in [-0.1, -0.05) is 42.5 Å². The van der Waals surface area contributed by atoms with E-state index in [4.69, 9.17) is 21.4 Å². The van der Waals surface area contributed by atoms with Crippen molar-refractivity contribution in [1.29, 1.82) is 0 Å². The number of aromatic nitrogens is 2. The van der Waals surface area contributed by atoms with Gasteiger partial charge in [0.1, 0.15) is 0 Å². The molecule has 0 spiro atoms. The molecule has 0 saturated carbocycles. The molecule has 0 aliphatic carbocycles. The highest BCUT2D eigenvalue weighted by Crippen LogP contribution is 2.37. The number of nitrogens with two attached hydrogens (primary N) is 2. The molecular weight excluding hydrogens is 344 g/mol. The quantitative estimate of drug-likeness (QED) is 0.216. The third kappa shape index (κ3) is 1.94. The molecule has 0 aliphatic heterocycles. The molecule has 0 unspecified atom stereocenters. The van der Waals surface area contributed by atoms with E-state index in [1.54, 1.807) is 0 Å². The first-order valence-corrected chi connectivity index (χ1v) is 9.19. The highest BCUT2D eigenvalue weighted by molar-refractivity contribution is 6.26. The Morgan fingerprint density at radius 2 is 1.25 bits per heavy atom. The van der Waals surface area contributed by atoms with Crippen molar-refractivity contribution in [3.05, 3.63) is 72.8 Å². The standard InChI is InChI=1S/C24H16N4/c25-19-9-10-21-17(22(19)26)12-18-23(28-21)15-7-3-2-6-14(15)16-11-13-5-1-4-8-20(13)27-24(16)18/h1-12H,25-26H2. The number of para-hydroxylation sites is 1. The van der Waals surface area contributed by atoms with Crippen LogP contribution in [0.2, 0.25) is 0 Å². The Hall–Kier alpha value is -3.92. The highest BCUT2D eigenvalue weighted by atomic mass is 14.7. The highest BCUT2D eigenvalue weighted by Gasteiger charge is 2.14. The zero-order valence-corrected chi connectivity index (χ0v) is 15.0. The molecule has 4 nitrogen and oxygen atoms in total. The Morgan fingerprint density at radius 1 is 0.536 bits per heavy atom. The largest absolute Gasteiger partial charge is 0.397 e. The van der Waals surface area contributed by atoms with Crippen LogP contribution in [0.25, 0.3) is 54.4 Å². The minimum atomic E-state index is 0.564. The Labute approximate surface area is 160 Å². The summed E-state index contributed by atoms with van der Waals surface area (Å²) in [4.78, 5) is 9.97. The van der Waals surface area contributed by atoms with Crippen LogP contribution in [0, 0.1) is 0 Å². The summed E-state index contributed by atoms with van der Waals surface area (Å²) in [6, 6.07) is 24.6. The van der Waals surface area contributed by atoms with Crippen LogP contribution in [-0.2, 0) is 0 Å². The third-order valence-electron chi connectivity index (χ3n) is 5.53. The van der Waals surface area contributed by atoms with Gasteiger partial charge in [0.15, 0.2) is 0 Å². The molecule has 0 fully saturated rings. The summed E-state index contributed by atoms with van der Waals surface area (Å²) in [6.07, 6.45) is 0. The lowest BCUT2D eigenvalue weighted by molar-refractivity contribution is 1.49. The summed E-state index contributed by atoms with van der Waals surface area (Å²) in [5, 5.41) is 6.35. The van der Waals surface area contributed by atoms with Crippen molar-refractivity contribution < 1.29 is 0 Å². The fourth-order valence-corrected chi connectivity index (χ4v) is 4.12. The van der Waals surface area contributed by atoms with Gasteiger partial charge in [-0.15, -0.1) is 0 Å². The number of rotatable bonds is 0. The molecule has 132 valence electrons.